The number of benzene rings is 2. The average Bonchev–Trinajstić information content (AvgIpc) is 2.56. The van der Waals surface area contributed by atoms with E-state index < -0.39 is 11.9 Å². The number of rotatable bonds is 8. The topological polar surface area (TPSA) is 76.0 Å². The lowest BCUT2D eigenvalue weighted by Crippen LogP contribution is -2.14. The van der Waals surface area contributed by atoms with Crippen molar-refractivity contribution in [1.82, 2.24) is 0 Å². The molecule has 1 unspecified atom stereocenters. The van der Waals surface area contributed by atoms with E-state index in [1.54, 1.807) is 36.4 Å². The normalized spacial score (nSPS) is 11.8. The molecule has 2 N–H and O–H groups in total. The zero-order valence-electron chi connectivity index (χ0n) is 13.9. The molecule has 0 aliphatic heterocycles. The van der Waals surface area contributed by atoms with Crippen LogP contribution in [0.3, 0.4) is 0 Å². The van der Waals surface area contributed by atoms with Crippen molar-refractivity contribution in [2.45, 2.75) is 26.2 Å². The summed E-state index contributed by atoms with van der Waals surface area (Å²) in [5, 5.41) is 19.4. The Labute approximate surface area is 141 Å². The van der Waals surface area contributed by atoms with Gasteiger partial charge in [0.05, 0.1) is 19.1 Å². The van der Waals surface area contributed by atoms with E-state index in [2.05, 4.69) is 0 Å². The van der Waals surface area contributed by atoms with E-state index in [9.17, 15) is 15.0 Å². The van der Waals surface area contributed by atoms with E-state index in [4.69, 9.17) is 9.47 Å². The van der Waals surface area contributed by atoms with Crippen LogP contribution in [0.1, 0.15) is 30.9 Å². The number of phenols is 1. The van der Waals surface area contributed by atoms with Gasteiger partial charge in [0.1, 0.15) is 5.75 Å². The maximum Gasteiger partial charge on any atom is 0.311 e. The Balaban J connectivity index is 2.27. The number of phenolic OH excluding ortho intramolecular Hbond substituents is 1. The first-order valence-corrected chi connectivity index (χ1v) is 7.95. The van der Waals surface area contributed by atoms with Crippen LogP contribution in [-0.4, -0.2) is 29.4 Å². The van der Waals surface area contributed by atoms with Crippen molar-refractivity contribution in [3.05, 3.63) is 53.6 Å². The van der Waals surface area contributed by atoms with E-state index in [0.717, 1.165) is 5.56 Å². The van der Waals surface area contributed by atoms with Gasteiger partial charge in [-0.15, -0.1) is 0 Å². The van der Waals surface area contributed by atoms with Crippen molar-refractivity contribution in [2.75, 3.05) is 13.2 Å². The lowest BCUT2D eigenvalue weighted by Gasteiger charge is -2.15. The molecule has 0 spiro atoms. The van der Waals surface area contributed by atoms with Gasteiger partial charge in [-0.25, -0.2) is 0 Å². The first-order chi connectivity index (χ1) is 11.5. The fourth-order valence-corrected chi connectivity index (χ4v) is 2.53. The van der Waals surface area contributed by atoms with Crippen LogP contribution in [0.25, 0.3) is 0 Å². The lowest BCUT2D eigenvalue weighted by atomic mass is 9.92. The third-order valence-electron chi connectivity index (χ3n) is 3.63. The van der Waals surface area contributed by atoms with Crippen LogP contribution in [0.15, 0.2) is 42.5 Å². The maximum absolute atomic E-state index is 11.7. The summed E-state index contributed by atoms with van der Waals surface area (Å²) in [6.45, 7) is 4.66. The molecule has 0 aliphatic rings. The number of carboxylic acids is 1. The highest BCUT2D eigenvalue weighted by Crippen LogP contribution is 2.30. The SMILES string of the molecule is CCOc1cccc(C(Cc2ccc(O)c(OCC)c2)C(=O)O)c1. The van der Waals surface area contributed by atoms with Gasteiger partial charge in [-0.2, -0.15) is 0 Å². The quantitative estimate of drug-likeness (QED) is 0.773. The molecular weight excluding hydrogens is 308 g/mol. The standard InChI is InChI=1S/C19H22O5/c1-3-23-15-7-5-6-14(12-15)16(19(21)22)10-13-8-9-17(20)18(11-13)24-4-2/h5-9,11-12,16,20H,3-4,10H2,1-2H3,(H,21,22). The van der Waals surface area contributed by atoms with Crippen LogP contribution >= 0.6 is 0 Å². The first-order valence-electron chi connectivity index (χ1n) is 7.95. The molecule has 24 heavy (non-hydrogen) atoms. The van der Waals surface area contributed by atoms with Crippen LogP contribution in [0.2, 0.25) is 0 Å². The molecule has 2 aromatic carbocycles. The number of ether oxygens (including phenoxy) is 2. The van der Waals surface area contributed by atoms with Crippen LogP contribution < -0.4 is 9.47 Å². The zero-order chi connectivity index (χ0) is 17.5. The molecular formula is C19H22O5. The number of hydrogen-bond donors (Lipinski definition) is 2. The highest BCUT2D eigenvalue weighted by Gasteiger charge is 2.21. The van der Waals surface area contributed by atoms with Gasteiger partial charge in [0.15, 0.2) is 11.5 Å². The second kappa shape index (κ2) is 8.24. The van der Waals surface area contributed by atoms with E-state index in [0.29, 0.717) is 36.7 Å². The summed E-state index contributed by atoms with van der Waals surface area (Å²) in [5.74, 6) is -0.547. The highest BCUT2D eigenvalue weighted by molar-refractivity contribution is 5.76. The van der Waals surface area contributed by atoms with E-state index in [1.807, 2.05) is 13.8 Å². The molecule has 5 heteroatoms. The smallest absolute Gasteiger partial charge is 0.311 e. The Bertz CT molecular complexity index is 696. The Morgan fingerprint density at radius 2 is 1.83 bits per heavy atom. The molecule has 0 amide bonds. The number of carboxylic acid groups (broad SMARTS) is 1. The lowest BCUT2D eigenvalue weighted by molar-refractivity contribution is -0.138. The number of aliphatic carboxylic acids is 1. The van der Waals surface area contributed by atoms with Gasteiger partial charge in [-0.3, -0.25) is 4.79 Å². The van der Waals surface area contributed by atoms with Crippen LogP contribution in [0.4, 0.5) is 0 Å². The largest absolute Gasteiger partial charge is 0.504 e. The van der Waals surface area contributed by atoms with Crippen LogP contribution in [0, 0.1) is 0 Å². The van der Waals surface area contributed by atoms with Crippen molar-refractivity contribution in [2.24, 2.45) is 0 Å². The summed E-state index contributed by atoms with van der Waals surface area (Å²) < 4.78 is 10.8. The number of carbonyl (C=O) groups is 1. The summed E-state index contributed by atoms with van der Waals surface area (Å²) in [4.78, 5) is 11.7. The van der Waals surface area contributed by atoms with E-state index in [-0.39, 0.29) is 5.75 Å². The minimum atomic E-state index is -0.908. The van der Waals surface area contributed by atoms with Gasteiger partial charge < -0.3 is 19.7 Å². The van der Waals surface area contributed by atoms with E-state index >= 15 is 0 Å². The van der Waals surface area contributed by atoms with Gasteiger partial charge in [0, 0.05) is 0 Å². The van der Waals surface area contributed by atoms with Crippen molar-refractivity contribution in [3.63, 3.8) is 0 Å². The second-order valence-electron chi connectivity index (χ2n) is 5.34. The Morgan fingerprint density at radius 3 is 2.50 bits per heavy atom. The molecule has 0 radical (unpaired) electrons. The van der Waals surface area contributed by atoms with Crippen LogP contribution in [0.5, 0.6) is 17.2 Å². The molecule has 0 saturated heterocycles. The monoisotopic (exact) mass is 330 g/mol. The minimum absolute atomic E-state index is 0.0471. The van der Waals surface area contributed by atoms with Gasteiger partial charge in [0.25, 0.3) is 0 Å². The molecule has 0 aromatic heterocycles. The maximum atomic E-state index is 11.7. The third-order valence-corrected chi connectivity index (χ3v) is 3.63. The summed E-state index contributed by atoms with van der Waals surface area (Å²) in [6.07, 6.45) is 0.297. The molecule has 1 atom stereocenters. The summed E-state index contributed by atoms with van der Waals surface area (Å²) >= 11 is 0. The highest BCUT2D eigenvalue weighted by atomic mass is 16.5. The number of aromatic hydroxyl groups is 1. The van der Waals surface area contributed by atoms with Crippen LogP contribution in [-0.2, 0) is 11.2 Å². The summed E-state index contributed by atoms with van der Waals surface area (Å²) in [7, 11) is 0. The molecule has 0 bridgehead atoms. The molecule has 0 saturated carbocycles. The summed E-state index contributed by atoms with van der Waals surface area (Å²) in [6, 6.07) is 12.0. The van der Waals surface area contributed by atoms with Crippen molar-refractivity contribution in [3.8, 4) is 17.2 Å². The molecule has 0 fully saturated rings. The molecule has 0 aliphatic carbocycles. The summed E-state index contributed by atoms with van der Waals surface area (Å²) in [5.41, 5.74) is 1.46. The van der Waals surface area contributed by atoms with Crippen molar-refractivity contribution >= 4 is 5.97 Å². The van der Waals surface area contributed by atoms with Crippen molar-refractivity contribution < 1.29 is 24.5 Å². The third kappa shape index (κ3) is 4.41. The average molecular weight is 330 g/mol. The predicted octanol–water partition coefficient (Wildman–Crippen LogP) is 3.60. The van der Waals surface area contributed by atoms with E-state index in [1.165, 1.54) is 6.07 Å². The fourth-order valence-electron chi connectivity index (χ4n) is 2.53. The molecule has 2 rings (SSSR count). The Morgan fingerprint density at radius 1 is 1.08 bits per heavy atom. The number of hydrogen-bond acceptors (Lipinski definition) is 4. The van der Waals surface area contributed by atoms with Crippen molar-refractivity contribution in [1.29, 1.82) is 0 Å². The van der Waals surface area contributed by atoms with Gasteiger partial charge in [0.2, 0.25) is 0 Å². The predicted molar refractivity (Wildman–Crippen MR) is 91.0 cm³/mol. The first kappa shape index (κ1) is 17.7. The van der Waals surface area contributed by atoms with Gasteiger partial charge in [-0.05, 0) is 55.7 Å². The molecule has 2 aromatic rings. The zero-order valence-corrected chi connectivity index (χ0v) is 13.9. The fraction of sp³-hybridized carbons (Fsp3) is 0.316. The van der Waals surface area contributed by atoms with Gasteiger partial charge in [-0.1, -0.05) is 18.2 Å². The minimum Gasteiger partial charge on any atom is -0.504 e. The molecule has 5 nitrogen and oxygen atoms in total. The second-order valence-corrected chi connectivity index (χ2v) is 5.34. The molecule has 0 heterocycles. The Kier molecular flexibility index (Phi) is 6.07. The molecule has 128 valence electrons. The Hall–Kier alpha value is -2.69. The van der Waals surface area contributed by atoms with Gasteiger partial charge >= 0.3 is 5.97 Å².